The van der Waals surface area contributed by atoms with Crippen molar-refractivity contribution in [1.82, 2.24) is 4.98 Å². The minimum Gasteiger partial charge on any atom is -0.479 e. The van der Waals surface area contributed by atoms with Crippen LogP contribution in [0.1, 0.15) is 22.2 Å². The number of carboxylic acid groups (broad SMARTS) is 1. The minimum absolute atomic E-state index is 0.640. The number of rotatable bonds is 4. The number of thiazole rings is 1. The van der Waals surface area contributed by atoms with Gasteiger partial charge >= 0.3 is 5.97 Å². The van der Waals surface area contributed by atoms with Crippen molar-refractivity contribution >= 4 is 22.4 Å². The molecule has 1 unspecified atom stereocenters. The van der Waals surface area contributed by atoms with Gasteiger partial charge in [-0.05, 0) is 19.4 Å². The first-order valence-corrected chi connectivity index (χ1v) is 6.38. The van der Waals surface area contributed by atoms with Gasteiger partial charge in [0.2, 0.25) is 0 Å². The average Bonchev–Trinajstić information content (AvgIpc) is 2.66. The molecule has 2 aromatic rings. The highest BCUT2D eigenvalue weighted by atomic mass is 32.1. The molecule has 1 heterocycles. The number of nitrogens with one attached hydrogen (secondary N) is 1. The van der Waals surface area contributed by atoms with Crippen LogP contribution in [-0.2, 0) is 4.79 Å². The number of carboxylic acids is 1. The predicted molar refractivity (Wildman–Crippen MR) is 72.0 cm³/mol. The number of anilines is 1. The molecule has 0 aliphatic carbocycles. The Hall–Kier alpha value is -1.88. The third-order valence-corrected chi connectivity index (χ3v) is 3.68. The van der Waals surface area contributed by atoms with Crippen LogP contribution in [0.3, 0.4) is 0 Å². The van der Waals surface area contributed by atoms with E-state index in [9.17, 15) is 9.90 Å². The van der Waals surface area contributed by atoms with Gasteiger partial charge in [0.1, 0.15) is 0 Å². The Balaban J connectivity index is 2.25. The normalized spacial score (nSPS) is 12.1. The van der Waals surface area contributed by atoms with Gasteiger partial charge in [-0.1, -0.05) is 30.3 Å². The number of aromatic nitrogens is 1. The van der Waals surface area contributed by atoms with Crippen molar-refractivity contribution in [2.75, 3.05) is 5.32 Å². The minimum atomic E-state index is -0.910. The highest BCUT2D eigenvalue weighted by Crippen LogP contribution is 2.26. The van der Waals surface area contributed by atoms with Gasteiger partial charge in [-0.15, -0.1) is 11.3 Å². The summed E-state index contributed by atoms with van der Waals surface area (Å²) in [6, 6.07) is 8.32. The van der Waals surface area contributed by atoms with E-state index in [0.717, 1.165) is 16.1 Å². The van der Waals surface area contributed by atoms with E-state index in [0.29, 0.717) is 5.13 Å². The molecule has 0 amide bonds. The maximum Gasteiger partial charge on any atom is 0.330 e. The third-order valence-electron chi connectivity index (χ3n) is 2.68. The molecule has 0 aliphatic heterocycles. The second-order valence-electron chi connectivity index (χ2n) is 3.99. The van der Waals surface area contributed by atoms with Gasteiger partial charge in [-0.3, -0.25) is 0 Å². The Morgan fingerprint density at radius 2 is 2.00 bits per heavy atom. The first-order valence-electron chi connectivity index (χ1n) is 5.56. The van der Waals surface area contributed by atoms with Crippen molar-refractivity contribution in [3.63, 3.8) is 0 Å². The second kappa shape index (κ2) is 5.18. The lowest BCUT2D eigenvalue weighted by atomic mass is 10.1. The van der Waals surface area contributed by atoms with E-state index in [2.05, 4.69) is 10.3 Å². The van der Waals surface area contributed by atoms with Gasteiger partial charge < -0.3 is 10.4 Å². The van der Waals surface area contributed by atoms with Crippen molar-refractivity contribution in [2.45, 2.75) is 19.9 Å². The quantitative estimate of drug-likeness (QED) is 0.889. The van der Waals surface area contributed by atoms with Crippen LogP contribution >= 0.6 is 11.3 Å². The number of nitrogens with zero attached hydrogens (tertiary/aromatic N) is 1. The summed E-state index contributed by atoms with van der Waals surface area (Å²) < 4.78 is 0. The fourth-order valence-electron chi connectivity index (χ4n) is 1.59. The van der Waals surface area contributed by atoms with Gasteiger partial charge in [-0.2, -0.15) is 0 Å². The summed E-state index contributed by atoms with van der Waals surface area (Å²) >= 11 is 1.47. The molecule has 1 aromatic carbocycles. The molecule has 0 saturated heterocycles. The molecule has 0 radical (unpaired) electrons. The van der Waals surface area contributed by atoms with Crippen LogP contribution in [0.25, 0.3) is 0 Å². The zero-order chi connectivity index (χ0) is 13.1. The predicted octanol–water partition coefficient (Wildman–Crippen LogP) is 3.00. The second-order valence-corrected chi connectivity index (χ2v) is 5.19. The average molecular weight is 262 g/mol. The molecule has 1 aromatic heterocycles. The van der Waals surface area contributed by atoms with Crippen LogP contribution in [0.2, 0.25) is 0 Å². The molecule has 1 atom stereocenters. The van der Waals surface area contributed by atoms with Gasteiger partial charge in [-0.25, -0.2) is 9.78 Å². The summed E-state index contributed by atoms with van der Waals surface area (Å²) in [5.41, 5.74) is 1.65. The molecule has 18 heavy (non-hydrogen) atoms. The first kappa shape index (κ1) is 12.6. The SMILES string of the molecule is Cc1nc(NC(C(=O)O)c2ccccc2)sc1C. The Morgan fingerprint density at radius 1 is 1.33 bits per heavy atom. The number of benzene rings is 1. The molecule has 5 heteroatoms. The molecule has 4 nitrogen and oxygen atoms in total. The number of hydrogen-bond donors (Lipinski definition) is 2. The smallest absolute Gasteiger partial charge is 0.330 e. The maximum atomic E-state index is 11.3. The van der Waals surface area contributed by atoms with Crippen LogP contribution in [0.5, 0.6) is 0 Å². The van der Waals surface area contributed by atoms with Crippen LogP contribution in [-0.4, -0.2) is 16.1 Å². The van der Waals surface area contributed by atoms with Crippen LogP contribution in [0.4, 0.5) is 5.13 Å². The summed E-state index contributed by atoms with van der Waals surface area (Å²) in [7, 11) is 0. The van der Waals surface area contributed by atoms with Crippen molar-refractivity contribution in [3.05, 3.63) is 46.5 Å². The fraction of sp³-hybridized carbons (Fsp3) is 0.231. The summed E-state index contributed by atoms with van der Waals surface area (Å²) in [5, 5.41) is 12.9. The molecular weight excluding hydrogens is 248 g/mol. The van der Waals surface area contributed by atoms with E-state index in [4.69, 9.17) is 0 Å². The molecule has 2 N–H and O–H groups in total. The van der Waals surface area contributed by atoms with Gasteiger partial charge in [0.05, 0.1) is 5.69 Å². The molecule has 94 valence electrons. The topological polar surface area (TPSA) is 62.2 Å². The zero-order valence-corrected chi connectivity index (χ0v) is 11.0. The largest absolute Gasteiger partial charge is 0.479 e. The number of hydrogen-bond acceptors (Lipinski definition) is 4. The Labute approximate surface area is 109 Å². The number of aliphatic carboxylic acids is 1. The van der Waals surface area contributed by atoms with E-state index < -0.39 is 12.0 Å². The molecule has 0 aliphatic rings. The molecular formula is C13H14N2O2S. The fourth-order valence-corrected chi connectivity index (χ4v) is 2.43. The number of aryl methyl sites for hydroxylation is 2. The lowest BCUT2D eigenvalue weighted by Gasteiger charge is -2.13. The Bertz CT molecular complexity index is 532. The van der Waals surface area contributed by atoms with Gasteiger partial charge in [0.25, 0.3) is 0 Å². The van der Waals surface area contributed by atoms with Gasteiger partial charge in [0, 0.05) is 4.88 Å². The lowest BCUT2D eigenvalue weighted by Crippen LogP contribution is -2.20. The van der Waals surface area contributed by atoms with Crippen molar-refractivity contribution in [2.24, 2.45) is 0 Å². The van der Waals surface area contributed by atoms with Crippen LogP contribution < -0.4 is 5.32 Å². The van der Waals surface area contributed by atoms with E-state index >= 15 is 0 Å². The molecule has 0 spiro atoms. The van der Waals surface area contributed by atoms with E-state index in [-0.39, 0.29) is 0 Å². The van der Waals surface area contributed by atoms with Crippen molar-refractivity contribution in [3.8, 4) is 0 Å². The maximum absolute atomic E-state index is 11.3. The third kappa shape index (κ3) is 2.68. The monoisotopic (exact) mass is 262 g/mol. The number of carbonyl (C=O) groups is 1. The summed E-state index contributed by atoms with van der Waals surface area (Å²) in [5.74, 6) is -0.910. The summed E-state index contributed by atoms with van der Waals surface area (Å²) in [4.78, 5) is 16.7. The van der Waals surface area contributed by atoms with Crippen LogP contribution in [0, 0.1) is 13.8 Å². The van der Waals surface area contributed by atoms with Crippen LogP contribution in [0.15, 0.2) is 30.3 Å². The highest BCUT2D eigenvalue weighted by molar-refractivity contribution is 7.15. The van der Waals surface area contributed by atoms with Crippen molar-refractivity contribution < 1.29 is 9.90 Å². The zero-order valence-electron chi connectivity index (χ0n) is 10.2. The summed E-state index contributed by atoms with van der Waals surface area (Å²) in [6.07, 6.45) is 0. The lowest BCUT2D eigenvalue weighted by molar-refractivity contribution is -0.138. The van der Waals surface area contributed by atoms with Crippen molar-refractivity contribution in [1.29, 1.82) is 0 Å². The molecule has 2 rings (SSSR count). The van der Waals surface area contributed by atoms with E-state index in [1.807, 2.05) is 32.0 Å². The molecule has 0 fully saturated rings. The standard InChI is InChI=1S/C13H14N2O2S/c1-8-9(2)18-13(14-8)15-11(12(16)17)10-6-4-3-5-7-10/h3-7,11H,1-2H3,(H,14,15)(H,16,17). The molecule has 0 bridgehead atoms. The summed E-state index contributed by atoms with van der Waals surface area (Å²) in [6.45, 7) is 3.88. The molecule has 0 saturated carbocycles. The Morgan fingerprint density at radius 3 is 2.50 bits per heavy atom. The first-order chi connectivity index (χ1) is 8.58. The van der Waals surface area contributed by atoms with E-state index in [1.54, 1.807) is 12.1 Å². The van der Waals surface area contributed by atoms with E-state index in [1.165, 1.54) is 11.3 Å². The Kier molecular flexibility index (Phi) is 3.62. The highest BCUT2D eigenvalue weighted by Gasteiger charge is 2.20. The van der Waals surface area contributed by atoms with Gasteiger partial charge in [0.15, 0.2) is 11.2 Å².